The van der Waals surface area contributed by atoms with Crippen LogP contribution in [0.2, 0.25) is 0 Å². The predicted molar refractivity (Wildman–Crippen MR) is 115 cm³/mol. The summed E-state index contributed by atoms with van der Waals surface area (Å²) in [6, 6.07) is 11.5. The molecule has 3 aromatic rings. The zero-order valence-corrected chi connectivity index (χ0v) is 17.4. The minimum atomic E-state index is -0.224. The predicted octanol–water partition coefficient (Wildman–Crippen LogP) is 2.78. The van der Waals surface area contributed by atoms with Crippen molar-refractivity contribution in [1.82, 2.24) is 20.2 Å². The number of Topliss-reactive ketones (excluding diaryl/α,β-unsaturated/α-hetero) is 1. The third kappa shape index (κ3) is 6.66. The van der Waals surface area contributed by atoms with Gasteiger partial charge in [-0.25, -0.2) is 4.98 Å². The number of nitrogens with one attached hydrogen (secondary N) is 2. The molecule has 8 heteroatoms. The van der Waals surface area contributed by atoms with Crippen molar-refractivity contribution in [1.29, 1.82) is 0 Å². The van der Waals surface area contributed by atoms with Crippen LogP contribution in [0.4, 0.5) is 0 Å². The zero-order chi connectivity index (χ0) is 21.2. The van der Waals surface area contributed by atoms with Crippen molar-refractivity contribution in [2.45, 2.75) is 32.4 Å². The molecule has 2 aromatic heterocycles. The number of aromatic nitrogens is 2. The Morgan fingerprint density at radius 1 is 0.933 bits per heavy atom. The first-order valence-electron chi connectivity index (χ1n) is 9.74. The molecule has 0 atom stereocenters. The molecule has 7 nitrogen and oxygen atoms in total. The highest BCUT2D eigenvalue weighted by Gasteiger charge is 2.11. The van der Waals surface area contributed by atoms with Gasteiger partial charge in [0, 0.05) is 51.3 Å². The fourth-order valence-electron chi connectivity index (χ4n) is 2.93. The lowest BCUT2D eigenvalue weighted by atomic mass is 10.1. The second-order valence-electron chi connectivity index (χ2n) is 6.78. The molecular weight excluding hydrogens is 400 g/mol. The Morgan fingerprint density at radius 3 is 2.47 bits per heavy atom. The van der Waals surface area contributed by atoms with Gasteiger partial charge < -0.3 is 15.2 Å². The molecule has 0 aliphatic rings. The van der Waals surface area contributed by atoms with E-state index in [1.54, 1.807) is 18.6 Å². The monoisotopic (exact) mass is 424 g/mol. The summed E-state index contributed by atoms with van der Waals surface area (Å²) < 4.78 is 1.97. The lowest BCUT2D eigenvalue weighted by Gasteiger charge is -2.11. The van der Waals surface area contributed by atoms with Gasteiger partial charge in [-0.15, -0.1) is 11.3 Å². The Morgan fingerprint density at radius 2 is 1.73 bits per heavy atom. The van der Waals surface area contributed by atoms with Crippen molar-refractivity contribution in [3.05, 3.63) is 76.5 Å². The maximum absolute atomic E-state index is 12.1. The summed E-state index contributed by atoms with van der Waals surface area (Å²) in [4.78, 5) is 40.6. The van der Waals surface area contributed by atoms with Crippen molar-refractivity contribution in [3.8, 4) is 0 Å². The van der Waals surface area contributed by atoms with Crippen LogP contribution in [0.5, 0.6) is 0 Å². The molecule has 2 N–H and O–H groups in total. The lowest BCUT2D eigenvalue weighted by Crippen LogP contribution is -2.30. The van der Waals surface area contributed by atoms with Crippen molar-refractivity contribution < 1.29 is 14.4 Å². The molecule has 0 saturated heterocycles. The van der Waals surface area contributed by atoms with E-state index in [1.165, 1.54) is 11.3 Å². The highest BCUT2D eigenvalue weighted by atomic mass is 32.1. The molecule has 0 fully saturated rings. The van der Waals surface area contributed by atoms with Gasteiger partial charge in [-0.05, 0) is 22.6 Å². The average Bonchev–Trinajstić information content (AvgIpc) is 3.46. The molecule has 0 aliphatic carbocycles. The van der Waals surface area contributed by atoms with E-state index in [2.05, 4.69) is 15.6 Å². The fraction of sp³-hybridized carbons (Fsp3) is 0.273. The van der Waals surface area contributed by atoms with E-state index in [0.717, 1.165) is 11.1 Å². The summed E-state index contributed by atoms with van der Waals surface area (Å²) in [6.45, 7) is 1.35. The first-order valence-corrected chi connectivity index (χ1v) is 10.6. The van der Waals surface area contributed by atoms with E-state index in [-0.39, 0.29) is 43.4 Å². The third-order valence-electron chi connectivity index (χ3n) is 4.56. The molecular formula is C22H24N4O3S. The minimum Gasteiger partial charge on any atom is -0.356 e. The molecule has 1 aromatic carbocycles. The zero-order valence-electron chi connectivity index (χ0n) is 16.5. The van der Waals surface area contributed by atoms with Crippen molar-refractivity contribution in [2.75, 3.05) is 6.54 Å². The van der Waals surface area contributed by atoms with Crippen LogP contribution < -0.4 is 10.6 Å². The molecule has 0 unspecified atom stereocenters. The highest BCUT2D eigenvalue weighted by molar-refractivity contribution is 7.12. The van der Waals surface area contributed by atoms with Crippen molar-refractivity contribution in [3.63, 3.8) is 0 Å². The van der Waals surface area contributed by atoms with E-state index in [1.807, 2.05) is 46.5 Å². The van der Waals surface area contributed by atoms with Gasteiger partial charge >= 0.3 is 0 Å². The summed E-state index contributed by atoms with van der Waals surface area (Å²) in [6.07, 6.45) is 5.87. The normalized spacial score (nSPS) is 10.5. The Kier molecular flexibility index (Phi) is 7.91. The summed E-state index contributed by atoms with van der Waals surface area (Å²) in [7, 11) is 0. The molecule has 3 rings (SSSR count). The summed E-state index contributed by atoms with van der Waals surface area (Å²) in [5, 5.41) is 7.42. The fourth-order valence-corrected chi connectivity index (χ4v) is 3.63. The number of carbonyl (C=O) groups excluding carboxylic acids is 3. The van der Waals surface area contributed by atoms with Crippen LogP contribution in [-0.4, -0.2) is 33.7 Å². The molecule has 0 spiro atoms. The van der Waals surface area contributed by atoms with Crippen LogP contribution in [0.3, 0.4) is 0 Å². The molecule has 0 saturated carbocycles. The Bertz CT molecular complexity index is 968. The first kappa shape index (κ1) is 21.4. The van der Waals surface area contributed by atoms with Crippen LogP contribution >= 0.6 is 11.3 Å². The quantitative estimate of drug-likeness (QED) is 0.463. The smallest absolute Gasteiger partial charge is 0.222 e. The summed E-state index contributed by atoms with van der Waals surface area (Å²) in [5.41, 5.74) is 2.15. The van der Waals surface area contributed by atoms with Gasteiger partial charge in [0.15, 0.2) is 5.78 Å². The average molecular weight is 425 g/mol. The lowest BCUT2D eigenvalue weighted by molar-refractivity contribution is -0.122. The molecule has 2 heterocycles. The van der Waals surface area contributed by atoms with E-state index in [4.69, 9.17) is 0 Å². The van der Waals surface area contributed by atoms with E-state index >= 15 is 0 Å². The van der Waals surface area contributed by atoms with Gasteiger partial charge in [0.2, 0.25) is 11.8 Å². The minimum absolute atomic E-state index is 0.0350. The van der Waals surface area contributed by atoms with Gasteiger partial charge in [0.25, 0.3) is 0 Å². The third-order valence-corrected chi connectivity index (χ3v) is 5.47. The Labute approximate surface area is 179 Å². The summed E-state index contributed by atoms with van der Waals surface area (Å²) in [5.74, 6) is -0.395. The standard InChI is InChI=1S/C22H24N4O3S/c27-19(20-6-3-13-30-20)7-8-21(28)24-10-9-22(29)25-14-17-4-1-2-5-18(17)15-26-12-11-23-16-26/h1-6,11-13,16H,7-10,14-15H2,(H,24,28)(H,25,29). The molecule has 0 radical (unpaired) electrons. The number of hydrogen-bond acceptors (Lipinski definition) is 5. The molecule has 0 bridgehead atoms. The van der Waals surface area contributed by atoms with Gasteiger partial charge in [0.05, 0.1) is 11.2 Å². The van der Waals surface area contributed by atoms with E-state index in [9.17, 15) is 14.4 Å². The number of rotatable bonds is 11. The maximum Gasteiger partial charge on any atom is 0.222 e. The molecule has 0 aliphatic heterocycles. The molecule has 2 amide bonds. The number of carbonyl (C=O) groups is 3. The van der Waals surface area contributed by atoms with Crippen LogP contribution in [-0.2, 0) is 22.7 Å². The summed E-state index contributed by atoms with van der Waals surface area (Å²) >= 11 is 1.37. The largest absolute Gasteiger partial charge is 0.356 e. The Balaban J connectivity index is 1.35. The second kappa shape index (κ2) is 11.1. The van der Waals surface area contributed by atoms with Crippen LogP contribution in [0.15, 0.2) is 60.5 Å². The first-order chi connectivity index (χ1) is 14.6. The number of imidazole rings is 1. The van der Waals surface area contributed by atoms with Crippen molar-refractivity contribution in [2.24, 2.45) is 0 Å². The van der Waals surface area contributed by atoms with Crippen LogP contribution in [0.1, 0.15) is 40.1 Å². The number of nitrogens with zero attached hydrogens (tertiary/aromatic N) is 2. The maximum atomic E-state index is 12.1. The Hall–Kier alpha value is -3.26. The van der Waals surface area contributed by atoms with E-state index in [0.29, 0.717) is 18.0 Å². The topological polar surface area (TPSA) is 93.1 Å². The number of ketones is 1. The van der Waals surface area contributed by atoms with Gasteiger partial charge in [0.1, 0.15) is 0 Å². The van der Waals surface area contributed by atoms with Gasteiger partial charge in [-0.3, -0.25) is 14.4 Å². The van der Waals surface area contributed by atoms with Crippen LogP contribution in [0.25, 0.3) is 0 Å². The molecule has 156 valence electrons. The van der Waals surface area contributed by atoms with E-state index < -0.39 is 0 Å². The number of hydrogen-bond donors (Lipinski definition) is 2. The number of thiophene rings is 1. The highest BCUT2D eigenvalue weighted by Crippen LogP contribution is 2.12. The van der Waals surface area contributed by atoms with Crippen LogP contribution in [0, 0.1) is 0 Å². The van der Waals surface area contributed by atoms with Crippen molar-refractivity contribution >= 4 is 28.9 Å². The number of benzene rings is 1. The van der Waals surface area contributed by atoms with Gasteiger partial charge in [-0.1, -0.05) is 30.3 Å². The second-order valence-corrected chi connectivity index (χ2v) is 7.73. The SMILES string of the molecule is O=C(CCC(=O)c1cccs1)NCCC(=O)NCc1ccccc1Cn1ccnc1. The van der Waals surface area contributed by atoms with Gasteiger partial charge in [-0.2, -0.15) is 0 Å². The number of amides is 2. The molecule has 30 heavy (non-hydrogen) atoms.